The van der Waals surface area contributed by atoms with E-state index in [0.29, 0.717) is 0 Å². The number of hydrogen-bond acceptors (Lipinski definition) is 8. The van der Waals surface area contributed by atoms with Gasteiger partial charge in [-0.15, -0.1) is 0 Å². The van der Waals surface area contributed by atoms with Gasteiger partial charge in [0.05, 0.1) is 0 Å². The van der Waals surface area contributed by atoms with Gasteiger partial charge in [-0.2, -0.15) is 0 Å². The van der Waals surface area contributed by atoms with Crippen molar-refractivity contribution in [2.24, 2.45) is 0 Å². The van der Waals surface area contributed by atoms with Crippen molar-refractivity contribution in [3.05, 3.63) is 0 Å². The van der Waals surface area contributed by atoms with Gasteiger partial charge in [0, 0.05) is 19.1 Å². The molecule has 0 spiro atoms. The third-order valence-electron chi connectivity index (χ3n) is 3.31. The Morgan fingerprint density at radius 2 is 2.10 bits per heavy atom. The van der Waals surface area contributed by atoms with Crippen LogP contribution in [0.3, 0.4) is 0 Å². The van der Waals surface area contributed by atoms with Crippen molar-refractivity contribution in [2.75, 3.05) is 6.61 Å². The highest BCUT2D eigenvalue weighted by atomic mass is 32.1. The molecule has 0 aromatic rings. The quantitative estimate of drug-likeness (QED) is 0.539. The van der Waals surface area contributed by atoms with Crippen LogP contribution in [-0.4, -0.2) is 54.3 Å². The summed E-state index contributed by atoms with van der Waals surface area (Å²) in [6.07, 6.45) is -2.68. The van der Waals surface area contributed by atoms with Gasteiger partial charge >= 0.3 is 11.2 Å². The Bertz CT molecular complexity index is 438. The molecule has 112 valence electrons. The van der Waals surface area contributed by atoms with Crippen molar-refractivity contribution in [3.8, 4) is 0 Å². The zero-order valence-electron chi connectivity index (χ0n) is 11.4. The van der Waals surface area contributed by atoms with E-state index in [-0.39, 0.29) is 11.8 Å². The van der Waals surface area contributed by atoms with Crippen LogP contribution in [0, 0.1) is 0 Å². The van der Waals surface area contributed by atoms with Crippen LogP contribution >= 0.6 is 12.2 Å². The summed E-state index contributed by atoms with van der Waals surface area (Å²) in [4.78, 5) is 11.3. The fourth-order valence-electron chi connectivity index (χ4n) is 2.63. The first-order valence-electron chi connectivity index (χ1n) is 6.37. The number of carbonyl (C=O) groups is 1. The summed E-state index contributed by atoms with van der Waals surface area (Å²) in [6, 6.07) is 0. The first-order valence-corrected chi connectivity index (χ1v) is 6.78. The molecule has 0 amide bonds. The fraction of sp³-hybridized carbons (Fsp3) is 0.833. The molecule has 5 atom stereocenters. The Kier molecular flexibility index (Phi) is 3.36. The van der Waals surface area contributed by atoms with Gasteiger partial charge in [0.15, 0.2) is 30.4 Å². The average Bonchev–Trinajstić information content (AvgIpc) is 2.93. The molecule has 0 bridgehead atoms. The van der Waals surface area contributed by atoms with Crippen LogP contribution in [0.5, 0.6) is 0 Å². The van der Waals surface area contributed by atoms with E-state index in [0.717, 1.165) is 0 Å². The Balaban J connectivity index is 1.78. The minimum absolute atomic E-state index is 0.0689. The van der Waals surface area contributed by atoms with Crippen molar-refractivity contribution in [1.29, 1.82) is 0 Å². The number of esters is 1. The highest BCUT2D eigenvalue weighted by Gasteiger charge is 2.59. The highest BCUT2D eigenvalue weighted by molar-refractivity contribution is 7.79. The lowest BCUT2D eigenvalue weighted by Gasteiger charge is -2.27. The molecule has 0 aliphatic carbocycles. The predicted octanol–water partition coefficient (Wildman–Crippen LogP) is 0.495. The monoisotopic (exact) mass is 304 g/mol. The predicted molar refractivity (Wildman–Crippen MR) is 67.7 cm³/mol. The largest absolute Gasteiger partial charge is 0.457 e. The topological polar surface area (TPSA) is 72.5 Å². The summed E-state index contributed by atoms with van der Waals surface area (Å²) < 4.78 is 33.0. The maximum absolute atomic E-state index is 11.3. The normalized spacial score (nSPS) is 42.0. The second-order valence-corrected chi connectivity index (χ2v) is 5.69. The van der Waals surface area contributed by atoms with Gasteiger partial charge in [-0.3, -0.25) is 4.79 Å². The summed E-state index contributed by atoms with van der Waals surface area (Å²) in [5.41, 5.74) is 0. The molecule has 0 unspecified atom stereocenters. The Labute approximate surface area is 121 Å². The van der Waals surface area contributed by atoms with E-state index in [1.165, 1.54) is 6.92 Å². The SMILES string of the molecule is CC(=O)O[C@@H]1[C@H]2OC(C)(C)O[C@H]2O[C@@H]1[C@@H]1COC(=S)O1. The van der Waals surface area contributed by atoms with E-state index in [1.54, 1.807) is 13.8 Å². The molecule has 3 rings (SSSR count). The number of thiocarbonyl (C=S) groups is 1. The molecule has 8 heteroatoms. The van der Waals surface area contributed by atoms with Crippen molar-refractivity contribution < 1.29 is 33.2 Å². The second-order valence-electron chi connectivity index (χ2n) is 5.36. The van der Waals surface area contributed by atoms with E-state index in [2.05, 4.69) is 0 Å². The van der Waals surface area contributed by atoms with Crippen molar-refractivity contribution in [3.63, 3.8) is 0 Å². The number of ether oxygens (including phenoxy) is 6. The van der Waals surface area contributed by atoms with Crippen molar-refractivity contribution in [1.82, 2.24) is 0 Å². The zero-order chi connectivity index (χ0) is 14.5. The van der Waals surface area contributed by atoms with Crippen LogP contribution < -0.4 is 0 Å². The lowest BCUT2D eigenvalue weighted by Crippen LogP contribution is -2.44. The minimum atomic E-state index is -0.777. The van der Waals surface area contributed by atoms with Crippen molar-refractivity contribution in [2.45, 2.75) is 57.3 Å². The van der Waals surface area contributed by atoms with Gasteiger partial charge in [0.25, 0.3) is 0 Å². The fourth-order valence-corrected chi connectivity index (χ4v) is 2.82. The average molecular weight is 304 g/mol. The molecule has 7 nitrogen and oxygen atoms in total. The first kappa shape index (κ1) is 14.0. The maximum Gasteiger partial charge on any atom is 0.352 e. The molecule has 3 saturated heterocycles. The lowest BCUT2D eigenvalue weighted by molar-refractivity contribution is -0.226. The molecular weight excluding hydrogens is 288 g/mol. The molecule has 3 fully saturated rings. The minimum Gasteiger partial charge on any atom is -0.457 e. The zero-order valence-corrected chi connectivity index (χ0v) is 12.2. The smallest absolute Gasteiger partial charge is 0.352 e. The molecule has 0 saturated carbocycles. The molecule has 0 aromatic heterocycles. The van der Waals surface area contributed by atoms with E-state index >= 15 is 0 Å². The molecule has 0 N–H and O–H groups in total. The van der Waals surface area contributed by atoms with Crippen LogP contribution in [0.2, 0.25) is 0 Å². The van der Waals surface area contributed by atoms with E-state index in [9.17, 15) is 4.79 Å². The Hall–Kier alpha value is -0.960. The van der Waals surface area contributed by atoms with Gasteiger partial charge in [0.2, 0.25) is 0 Å². The third-order valence-corrected chi connectivity index (χ3v) is 3.52. The Morgan fingerprint density at radius 3 is 2.70 bits per heavy atom. The van der Waals surface area contributed by atoms with Crippen LogP contribution in [0.15, 0.2) is 0 Å². The number of rotatable bonds is 2. The number of fused-ring (bicyclic) bond motifs is 1. The summed E-state index contributed by atoms with van der Waals surface area (Å²) in [7, 11) is 0. The molecule has 3 heterocycles. The van der Waals surface area contributed by atoms with E-state index in [1.807, 2.05) is 0 Å². The van der Waals surface area contributed by atoms with Gasteiger partial charge in [0.1, 0.15) is 12.7 Å². The molecular formula is C12H16O7S. The molecule has 0 radical (unpaired) electrons. The second kappa shape index (κ2) is 4.80. The van der Waals surface area contributed by atoms with Gasteiger partial charge in [-0.25, -0.2) is 0 Å². The first-order chi connectivity index (χ1) is 9.35. The maximum atomic E-state index is 11.3. The molecule has 20 heavy (non-hydrogen) atoms. The van der Waals surface area contributed by atoms with Crippen LogP contribution in [0.4, 0.5) is 0 Å². The molecule has 0 aromatic carbocycles. The van der Waals surface area contributed by atoms with E-state index in [4.69, 9.17) is 40.6 Å². The summed E-state index contributed by atoms with van der Waals surface area (Å²) in [5.74, 6) is -1.19. The standard InChI is InChI=1S/C12H16O7S/c1-5(13)15-8-7(6-4-14-11(20)16-6)17-10-9(8)18-12(2,3)19-10/h6-10H,4H2,1-3H3/t6-,7+,8-,9+,10+/m0/s1. The highest BCUT2D eigenvalue weighted by Crippen LogP contribution is 2.40. The van der Waals surface area contributed by atoms with Crippen LogP contribution in [0.25, 0.3) is 0 Å². The third kappa shape index (κ3) is 2.48. The van der Waals surface area contributed by atoms with E-state index < -0.39 is 42.5 Å². The van der Waals surface area contributed by atoms with Crippen molar-refractivity contribution >= 4 is 23.4 Å². The number of carbonyl (C=O) groups excluding carboxylic acids is 1. The van der Waals surface area contributed by atoms with Gasteiger partial charge in [-0.05, 0) is 13.8 Å². The van der Waals surface area contributed by atoms with Gasteiger partial charge < -0.3 is 28.4 Å². The van der Waals surface area contributed by atoms with Gasteiger partial charge in [-0.1, -0.05) is 0 Å². The molecule has 3 aliphatic rings. The number of hydrogen-bond donors (Lipinski definition) is 0. The summed E-state index contributed by atoms with van der Waals surface area (Å²) >= 11 is 4.83. The lowest BCUT2D eigenvalue weighted by atomic mass is 10.1. The summed E-state index contributed by atoms with van der Waals surface area (Å²) in [5, 5.41) is 0.0689. The van der Waals surface area contributed by atoms with Crippen LogP contribution in [-0.2, 0) is 33.2 Å². The van der Waals surface area contributed by atoms with Crippen LogP contribution in [0.1, 0.15) is 20.8 Å². The molecule has 3 aliphatic heterocycles. The Morgan fingerprint density at radius 1 is 1.35 bits per heavy atom. The summed E-state index contributed by atoms with van der Waals surface area (Å²) in [6.45, 7) is 5.14.